The lowest BCUT2D eigenvalue weighted by molar-refractivity contribution is -0.119. The maximum Gasteiger partial charge on any atom is 0.264 e. The highest BCUT2D eigenvalue weighted by molar-refractivity contribution is 7.92. The van der Waals surface area contributed by atoms with E-state index in [-0.39, 0.29) is 10.6 Å². The molecule has 0 heterocycles. The summed E-state index contributed by atoms with van der Waals surface area (Å²) in [6.07, 6.45) is 1.44. The Labute approximate surface area is 211 Å². The second kappa shape index (κ2) is 12.4. The smallest absolute Gasteiger partial charge is 0.264 e. The number of anilines is 1. The summed E-state index contributed by atoms with van der Waals surface area (Å²) in [5.41, 5.74) is 4.63. The number of aryl methyl sites for hydroxylation is 1. The van der Waals surface area contributed by atoms with E-state index < -0.39 is 22.5 Å². The fourth-order valence-corrected chi connectivity index (χ4v) is 4.88. The van der Waals surface area contributed by atoms with E-state index in [1.54, 1.807) is 31.2 Å². The van der Waals surface area contributed by atoms with E-state index in [0.29, 0.717) is 23.8 Å². The fourth-order valence-electron chi connectivity index (χ4n) is 3.32. The van der Waals surface area contributed by atoms with E-state index in [0.717, 1.165) is 16.4 Å². The molecule has 1 N–H and O–H groups in total. The van der Waals surface area contributed by atoms with Crippen molar-refractivity contribution in [3.8, 4) is 5.75 Å². The Morgan fingerprint density at radius 2 is 1.66 bits per heavy atom. The molecule has 3 aromatic carbocycles. The van der Waals surface area contributed by atoms with Gasteiger partial charge in [-0.05, 0) is 68.7 Å². The van der Waals surface area contributed by atoms with Crippen LogP contribution in [0.3, 0.4) is 0 Å². The first-order valence-corrected chi connectivity index (χ1v) is 13.0. The van der Waals surface area contributed by atoms with Crippen molar-refractivity contribution in [3.63, 3.8) is 0 Å². The van der Waals surface area contributed by atoms with Gasteiger partial charge in [-0.25, -0.2) is 13.8 Å². The maximum absolute atomic E-state index is 13.5. The number of hydrazone groups is 1. The Morgan fingerprint density at radius 1 is 1.00 bits per heavy atom. The number of sulfonamides is 1. The molecule has 0 aliphatic carbocycles. The number of halogens is 1. The first-order chi connectivity index (χ1) is 16.8. The van der Waals surface area contributed by atoms with Gasteiger partial charge in [0.05, 0.1) is 17.2 Å². The highest BCUT2D eigenvalue weighted by Crippen LogP contribution is 2.32. The number of hydrogen-bond acceptors (Lipinski definition) is 5. The minimum Gasteiger partial charge on any atom is -0.492 e. The van der Waals surface area contributed by atoms with Gasteiger partial charge in [-0.2, -0.15) is 5.10 Å². The molecule has 0 bridgehead atoms. The lowest BCUT2D eigenvalue weighted by Gasteiger charge is -2.25. The number of hydrogen-bond donors (Lipinski definition) is 1. The van der Waals surface area contributed by atoms with Crippen LogP contribution in [-0.4, -0.2) is 33.2 Å². The van der Waals surface area contributed by atoms with Gasteiger partial charge in [0.25, 0.3) is 15.9 Å². The zero-order valence-electron chi connectivity index (χ0n) is 19.6. The minimum absolute atomic E-state index is 0.00328. The van der Waals surface area contributed by atoms with Crippen LogP contribution in [0.1, 0.15) is 25.8 Å². The molecule has 0 radical (unpaired) electrons. The van der Waals surface area contributed by atoms with Crippen molar-refractivity contribution < 1.29 is 17.9 Å². The van der Waals surface area contributed by atoms with Gasteiger partial charge < -0.3 is 4.74 Å². The van der Waals surface area contributed by atoms with E-state index in [1.165, 1.54) is 29.8 Å². The zero-order chi connectivity index (χ0) is 25.3. The second-order valence-corrected chi connectivity index (χ2v) is 10.0. The van der Waals surface area contributed by atoms with Crippen LogP contribution in [0.4, 0.5) is 5.69 Å². The summed E-state index contributed by atoms with van der Waals surface area (Å²) < 4.78 is 33.7. The van der Waals surface area contributed by atoms with E-state index in [9.17, 15) is 13.2 Å². The van der Waals surface area contributed by atoms with Crippen LogP contribution in [0, 0.1) is 0 Å². The van der Waals surface area contributed by atoms with Gasteiger partial charge in [0, 0.05) is 10.7 Å². The normalized spacial score (nSPS) is 11.7. The number of amides is 1. The van der Waals surface area contributed by atoms with Gasteiger partial charge >= 0.3 is 0 Å². The molecule has 0 aliphatic heterocycles. The van der Waals surface area contributed by atoms with E-state index in [4.69, 9.17) is 16.3 Å². The molecule has 3 rings (SSSR count). The van der Waals surface area contributed by atoms with Gasteiger partial charge in [-0.15, -0.1) is 0 Å². The number of benzene rings is 3. The average Bonchev–Trinajstić information content (AvgIpc) is 2.86. The fraction of sp³-hybridized carbons (Fsp3) is 0.231. The molecule has 3 aromatic rings. The van der Waals surface area contributed by atoms with Gasteiger partial charge in [0.15, 0.2) is 0 Å². The first kappa shape index (κ1) is 26.2. The Bertz CT molecular complexity index is 1260. The summed E-state index contributed by atoms with van der Waals surface area (Å²) in [5.74, 6) is -0.226. The van der Waals surface area contributed by atoms with Crippen molar-refractivity contribution in [2.75, 3.05) is 17.5 Å². The van der Waals surface area contributed by atoms with Crippen molar-refractivity contribution >= 4 is 38.9 Å². The predicted octanol–water partition coefficient (Wildman–Crippen LogP) is 5.06. The number of carbonyl (C=O) groups excluding carboxylic acids is 1. The molecule has 35 heavy (non-hydrogen) atoms. The maximum atomic E-state index is 13.5. The lowest BCUT2D eigenvalue weighted by atomic mass is 10.1. The highest BCUT2D eigenvalue weighted by Gasteiger charge is 2.29. The summed E-state index contributed by atoms with van der Waals surface area (Å²) in [6, 6.07) is 22.4. The number of ether oxygens (including phenoxy) is 1. The SMILES string of the molecule is CCOc1ccccc1N(CC(=O)N/N=C(/C)CCc1ccccc1)S(=O)(=O)c1ccc(Cl)cc1. The van der Waals surface area contributed by atoms with Crippen LogP contribution < -0.4 is 14.5 Å². The molecule has 7 nitrogen and oxygen atoms in total. The van der Waals surface area contributed by atoms with Crippen LogP contribution in [-0.2, 0) is 21.2 Å². The monoisotopic (exact) mass is 513 g/mol. The summed E-state index contributed by atoms with van der Waals surface area (Å²) in [6.45, 7) is 3.47. The molecule has 0 aromatic heterocycles. The number of nitrogens with one attached hydrogen (secondary N) is 1. The van der Waals surface area contributed by atoms with Crippen molar-refractivity contribution in [2.45, 2.75) is 31.6 Å². The van der Waals surface area contributed by atoms with E-state index in [1.807, 2.05) is 37.3 Å². The quantitative estimate of drug-likeness (QED) is 0.287. The average molecular weight is 514 g/mol. The Morgan fingerprint density at radius 3 is 2.34 bits per heavy atom. The van der Waals surface area contributed by atoms with Crippen molar-refractivity contribution in [1.82, 2.24) is 5.43 Å². The number of nitrogens with zero attached hydrogens (tertiary/aromatic N) is 2. The summed E-state index contributed by atoms with van der Waals surface area (Å²) in [7, 11) is -4.11. The molecular weight excluding hydrogens is 486 g/mol. The largest absolute Gasteiger partial charge is 0.492 e. The number of carbonyl (C=O) groups is 1. The minimum atomic E-state index is -4.11. The van der Waals surface area contributed by atoms with Crippen LogP contribution in [0.25, 0.3) is 0 Å². The third-order valence-corrected chi connectivity index (χ3v) is 7.14. The topological polar surface area (TPSA) is 88.1 Å². The van der Waals surface area contributed by atoms with Crippen LogP contribution in [0.5, 0.6) is 5.75 Å². The molecule has 0 saturated heterocycles. The van der Waals surface area contributed by atoms with Crippen molar-refractivity contribution in [3.05, 3.63) is 89.4 Å². The number of para-hydroxylation sites is 2. The Kier molecular flexibility index (Phi) is 9.28. The molecule has 9 heteroatoms. The third-order valence-electron chi connectivity index (χ3n) is 5.11. The van der Waals surface area contributed by atoms with Gasteiger partial charge in [0.1, 0.15) is 12.3 Å². The standard InChI is InChI=1S/C26H28ClN3O4S/c1-3-34-25-12-8-7-11-24(25)30(35(32,33)23-17-15-22(27)16-18-23)19-26(31)29-28-20(2)13-14-21-9-5-4-6-10-21/h4-12,15-18H,3,13-14,19H2,1-2H3,(H,29,31)/b28-20-. The zero-order valence-corrected chi connectivity index (χ0v) is 21.2. The molecule has 1 amide bonds. The van der Waals surface area contributed by atoms with Crippen molar-refractivity contribution in [2.24, 2.45) is 5.10 Å². The molecule has 0 unspecified atom stereocenters. The molecule has 0 fully saturated rings. The van der Waals surface area contributed by atoms with Gasteiger partial charge in [0.2, 0.25) is 0 Å². The van der Waals surface area contributed by atoms with Crippen LogP contribution in [0.15, 0.2) is 88.9 Å². The number of rotatable bonds is 11. The molecule has 0 aliphatic rings. The molecule has 184 valence electrons. The van der Waals surface area contributed by atoms with E-state index >= 15 is 0 Å². The highest BCUT2D eigenvalue weighted by atomic mass is 35.5. The first-order valence-electron chi connectivity index (χ1n) is 11.2. The second-order valence-electron chi connectivity index (χ2n) is 7.73. The van der Waals surface area contributed by atoms with Gasteiger partial charge in [-0.3, -0.25) is 9.10 Å². The Balaban J connectivity index is 1.81. The third kappa shape index (κ3) is 7.31. The lowest BCUT2D eigenvalue weighted by Crippen LogP contribution is -2.40. The van der Waals surface area contributed by atoms with Crippen molar-refractivity contribution in [1.29, 1.82) is 0 Å². The Hall–Kier alpha value is -3.36. The van der Waals surface area contributed by atoms with E-state index in [2.05, 4.69) is 10.5 Å². The molecule has 0 saturated carbocycles. The van der Waals surface area contributed by atoms with Crippen LogP contribution in [0.2, 0.25) is 5.02 Å². The summed E-state index contributed by atoms with van der Waals surface area (Å²) >= 11 is 5.94. The summed E-state index contributed by atoms with van der Waals surface area (Å²) in [4.78, 5) is 12.8. The molecule has 0 atom stereocenters. The molecular formula is C26H28ClN3O4S. The van der Waals surface area contributed by atoms with Crippen LogP contribution >= 0.6 is 11.6 Å². The molecule has 0 spiro atoms. The predicted molar refractivity (Wildman–Crippen MR) is 140 cm³/mol. The summed E-state index contributed by atoms with van der Waals surface area (Å²) in [5, 5.41) is 4.56. The van der Waals surface area contributed by atoms with Gasteiger partial charge in [-0.1, -0.05) is 54.1 Å².